The fraction of sp³-hybridized carbons (Fsp3) is 0.846. The third kappa shape index (κ3) is 3.70. The number of hydrogen-bond donors (Lipinski definition) is 1. The molecule has 18 heavy (non-hydrogen) atoms. The summed E-state index contributed by atoms with van der Waals surface area (Å²) >= 11 is 0. The Morgan fingerprint density at radius 3 is 2.33 bits per heavy atom. The number of nitrogens with zero attached hydrogens (tertiary/aromatic N) is 2. The molecule has 0 aromatic heterocycles. The van der Waals surface area contributed by atoms with Crippen LogP contribution in [0.15, 0.2) is 0 Å². The average molecular weight is 256 g/mol. The van der Waals surface area contributed by atoms with Crippen molar-refractivity contribution in [3.05, 3.63) is 0 Å². The molecule has 104 valence electrons. The zero-order chi connectivity index (χ0) is 13.9. The fourth-order valence-corrected chi connectivity index (χ4v) is 2.16. The second-order valence-electron chi connectivity index (χ2n) is 5.72. The number of carboxylic acids is 1. The van der Waals surface area contributed by atoms with Crippen molar-refractivity contribution in [2.75, 3.05) is 33.7 Å². The Labute approximate surface area is 109 Å². The summed E-state index contributed by atoms with van der Waals surface area (Å²) in [7, 11) is 3.83. The number of carbonyl (C=O) groups excluding carboxylic acids is 1. The summed E-state index contributed by atoms with van der Waals surface area (Å²) in [6.07, 6.45) is 1.86. The van der Waals surface area contributed by atoms with Crippen molar-refractivity contribution in [2.24, 2.45) is 11.3 Å². The summed E-state index contributed by atoms with van der Waals surface area (Å²) in [5, 5.41) is 8.88. The smallest absolute Gasteiger partial charge is 0.323 e. The highest BCUT2D eigenvalue weighted by Crippen LogP contribution is 2.55. The van der Waals surface area contributed by atoms with Gasteiger partial charge in [-0.05, 0) is 32.4 Å². The van der Waals surface area contributed by atoms with Crippen LogP contribution in [0.2, 0.25) is 0 Å². The maximum Gasteiger partial charge on any atom is 0.323 e. The number of likely N-dealkylation sites (N-methyl/N-ethyl adjacent to an activating group) is 1. The number of aliphatic carboxylic acids is 1. The Hall–Kier alpha value is -1.10. The van der Waals surface area contributed by atoms with E-state index >= 15 is 0 Å². The summed E-state index contributed by atoms with van der Waals surface area (Å²) in [5.41, 5.74) is 0.0892. The maximum atomic E-state index is 12.3. The molecule has 0 aliphatic heterocycles. The van der Waals surface area contributed by atoms with Crippen LogP contribution in [0, 0.1) is 11.3 Å². The Kier molecular flexibility index (Phi) is 4.73. The van der Waals surface area contributed by atoms with E-state index in [4.69, 9.17) is 5.11 Å². The van der Waals surface area contributed by atoms with Crippen molar-refractivity contribution < 1.29 is 14.7 Å². The van der Waals surface area contributed by atoms with E-state index in [1.54, 1.807) is 0 Å². The van der Waals surface area contributed by atoms with Gasteiger partial charge in [-0.2, -0.15) is 0 Å². The molecule has 0 bridgehead atoms. The summed E-state index contributed by atoms with van der Waals surface area (Å²) in [6, 6.07) is 0. The SMILES string of the molecule is CC[C@@]1(C)C[C@@H]1C(=O)N(CCN(C)C)CC(=O)O. The van der Waals surface area contributed by atoms with Crippen LogP contribution in [0.25, 0.3) is 0 Å². The molecule has 0 radical (unpaired) electrons. The lowest BCUT2D eigenvalue weighted by atomic mass is 10.0. The van der Waals surface area contributed by atoms with Crippen LogP contribution in [0.4, 0.5) is 0 Å². The first kappa shape index (κ1) is 15.0. The molecule has 1 N–H and O–H groups in total. The zero-order valence-corrected chi connectivity index (χ0v) is 11.8. The molecule has 1 rings (SSSR count). The summed E-state index contributed by atoms with van der Waals surface area (Å²) in [6.45, 7) is 5.15. The molecule has 1 fully saturated rings. The highest BCUT2D eigenvalue weighted by Gasteiger charge is 2.54. The van der Waals surface area contributed by atoms with Crippen molar-refractivity contribution in [2.45, 2.75) is 26.7 Å². The molecule has 2 atom stereocenters. The van der Waals surface area contributed by atoms with Gasteiger partial charge in [0.15, 0.2) is 0 Å². The number of carbonyl (C=O) groups is 2. The van der Waals surface area contributed by atoms with Crippen molar-refractivity contribution in [1.82, 2.24) is 9.80 Å². The van der Waals surface area contributed by atoms with E-state index in [1.165, 1.54) is 4.90 Å². The van der Waals surface area contributed by atoms with Crippen LogP contribution < -0.4 is 0 Å². The fourth-order valence-electron chi connectivity index (χ4n) is 2.16. The molecule has 1 amide bonds. The Morgan fingerprint density at radius 2 is 1.94 bits per heavy atom. The van der Waals surface area contributed by atoms with Gasteiger partial charge in [0.1, 0.15) is 6.54 Å². The molecule has 0 saturated heterocycles. The van der Waals surface area contributed by atoms with Crippen molar-refractivity contribution in [3.63, 3.8) is 0 Å². The largest absolute Gasteiger partial charge is 0.480 e. The quantitative estimate of drug-likeness (QED) is 0.735. The van der Waals surface area contributed by atoms with Gasteiger partial charge in [0, 0.05) is 19.0 Å². The van der Waals surface area contributed by atoms with Crippen molar-refractivity contribution >= 4 is 11.9 Å². The Bertz CT molecular complexity index is 330. The molecular formula is C13H24N2O3. The van der Waals surface area contributed by atoms with Gasteiger partial charge in [0.25, 0.3) is 0 Å². The second kappa shape index (κ2) is 5.69. The lowest BCUT2D eigenvalue weighted by molar-refractivity contribution is -0.145. The summed E-state index contributed by atoms with van der Waals surface area (Å²) in [5.74, 6) is -0.923. The average Bonchev–Trinajstić information content (AvgIpc) is 2.96. The van der Waals surface area contributed by atoms with Gasteiger partial charge in [-0.15, -0.1) is 0 Å². The normalized spacial score (nSPS) is 26.2. The molecule has 0 heterocycles. The first-order chi connectivity index (χ1) is 8.30. The predicted molar refractivity (Wildman–Crippen MR) is 69.3 cm³/mol. The Morgan fingerprint density at radius 1 is 1.33 bits per heavy atom. The molecule has 1 aliphatic rings. The molecule has 0 aromatic carbocycles. The van der Waals surface area contributed by atoms with Crippen LogP contribution in [0.1, 0.15) is 26.7 Å². The lowest BCUT2D eigenvalue weighted by Crippen LogP contribution is -2.41. The minimum absolute atomic E-state index is 0.00333. The van der Waals surface area contributed by atoms with E-state index in [-0.39, 0.29) is 23.8 Å². The molecule has 0 spiro atoms. The molecule has 0 aromatic rings. The highest BCUT2D eigenvalue weighted by atomic mass is 16.4. The van der Waals surface area contributed by atoms with Crippen LogP contribution in [0.3, 0.4) is 0 Å². The summed E-state index contributed by atoms with van der Waals surface area (Å²) in [4.78, 5) is 26.5. The van der Waals surface area contributed by atoms with Crippen LogP contribution in [-0.2, 0) is 9.59 Å². The Balaban J connectivity index is 2.60. The van der Waals surface area contributed by atoms with Gasteiger partial charge in [0.05, 0.1) is 0 Å². The monoisotopic (exact) mass is 256 g/mol. The first-order valence-electron chi connectivity index (χ1n) is 6.45. The predicted octanol–water partition coefficient (Wildman–Crippen LogP) is 0.897. The third-order valence-electron chi connectivity index (χ3n) is 3.91. The van der Waals surface area contributed by atoms with Crippen LogP contribution >= 0.6 is 0 Å². The number of carboxylic acid groups (broad SMARTS) is 1. The molecule has 0 unspecified atom stereocenters. The van der Waals surface area contributed by atoms with Crippen LogP contribution in [0.5, 0.6) is 0 Å². The zero-order valence-electron chi connectivity index (χ0n) is 11.8. The van der Waals surface area contributed by atoms with E-state index in [9.17, 15) is 9.59 Å². The minimum atomic E-state index is -0.944. The molecule has 5 heteroatoms. The molecular weight excluding hydrogens is 232 g/mol. The van der Waals surface area contributed by atoms with E-state index in [0.717, 1.165) is 12.8 Å². The van der Waals surface area contributed by atoms with Gasteiger partial charge in [-0.1, -0.05) is 13.8 Å². The molecule has 5 nitrogen and oxygen atoms in total. The highest BCUT2D eigenvalue weighted by molar-refractivity contribution is 5.85. The van der Waals surface area contributed by atoms with E-state index < -0.39 is 5.97 Å². The number of hydrogen-bond acceptors (Lipinski definition) is 3. The van der Waals surface area contributed by atoms with Crippen molar-refractivity contribution in [3.8, 4) is 0 Å². The van der Waals surface area contributed by atoms with Crippen molar-refractivity contribution in [1.29, 1.82) is 0 Å². The standard InChI is InChI=1S/C13H24N2O3/c1-5-13(2)8-10(13)12(18)15(9-11(16)17)7-6-14(3)4/h10H,5-9H2,1-4H3,(H,16,17)/t10-,13+/m1/s1. The van der Waals surface area contributed by atoms with E-state index in [1.807, 2.05) is 19.0 Å². The first-order valence-corrected chi connectivity index (χ1v) is 6.45. The van der Waals surface area contributed by atoms with Gasteiger partial charge in [-0.3, -0.25) is 9.59 Å². The lowest BCUT2D eigenvalue weighted by Gasteiger charge is -2.23. The second-order valence-corrected chi connectivity index (χ2v) is 5.72. The van der Waals surface area contributed by atoms with Gasteiger partial charge in [0.2, 0.25) is 5.91 Å². The molecule has 1 aliphatic carbocycles. The van der Waals surface area contributed by atoms with Crippen LogP contribution in [-0.4, -0.2) is 60.5 Å². The van der Waals surface area contributed by atoms with E-state index in [2.05, 4.69) is 13.8 Å². The van der Waals surface area contributed by atoms with Gasteiger partial charge in [-0.25, -0.2) is 0 Å². The number of amides is 1. The van der Waals surface area contributed by atoms with Gasteiger partial charge < -0.3 is 14.9 Å². The maximum absolute atomic E-state index is 12.3. The van der Waals surface area contributed by atoms with Gasteiger partial charge >= 0.3 is 5.97 Å². The summed E-state index contributed by atoms with van der Waals surface area (Å²) < 4.78 is 0. The van der Waals surface area contributed by atoms with E-state index in [0.29, 0.717) is 13.1 Å². The third-order valence-corrected chi connectivity index (χ3v) is 3.91. The number of rotatable bonds is 7. The minimum Gasteiger partial charge on any atom is -0.480 e. The molecule has 1 saturated carbocycles. The topological polar surface area (TPSA) is 60.9 Å².